The molecule has 1 aromatic rings. The molecule has 0 aliphatic heterocycles. The smallest absolute Gasteiger partial charge is 0.344 e. The third kappa shape index (κ3) is 8.17. The molecule has 0 radical (unpaired) electrons. The molecule has 1 fully saturated rings. The Morgan fingerprint density at radius 3 is 2.80 bits per heavy atom. The van der Waals surface area contributed by atoms with Crippen molar-refractivity contribution >= 4 is 5.97 Å². The molecule has 7 heteroatoms. The van der Waals surface area contributed by atoms with Crippen LogP contribution in [0.4, 0.5) is 0 Å². The van der Waals surface area contributed by atoms with Crippen LogP contribution in [0.5, 0.6) is 5.75 Å². The van der Waals surface area contributed by atoms with Crippen LogP contribution in [-0.2, 0) is 22.4 Å². The molecule has 7 nitrogen and oxygen atoms in total. The highest BCUT2D eigenvalue weighted by Crippen LogP contribution is 2.48. The van der Waals surface area contributed by atoms with E-state index in [0.29, 0.717) is 24.9 Å². The summed E-state index contributed by atoms with van der Waals surface area (Å²) < 4.78 is 11.1. The van der Waals surface area contributed by atoms with Crippen molar-refractivity contribution in [3.05, 3.63) is 29.3 Å². The number of carbonyl (C=O) groups excluding carboxylic acids is 1. The Labute approximate surface area is 210 Å². The predicted octanol–water partition coefficient (Wildman–Crippen LogP) is 2.97. The first-order valence-corrected chi connectivity index (χ1v) is 13.5. The van der Waals surface area contributed by atoms with Gasteiger partial charge in [-0.05, 0) is 80.5 Å². The van der Waals surface area contributed by atoms with E-state index in [4.69, 9.17) is 14.6 Å². The van der Waals surface area contributed by atoms with Gasteiger partial charge in [0, 0.05) is 13.1 Å². The number of aliphatic hydroxyl groups excluding tert-OH is 3. The molecule has 3 N–H and O–H groups in total. The van der Waals surface area contributed by atoms with Gasteiger partial charge >= 0.3 is 5.97 Å². The summed E-state index contributed by atoms with van der Waals surface area (Å²) in [5.74, 6) is 1.40. The lowest BCUT2D eigenvalue weighted by Crippen LogP contribution is -2.29. The summed E-state index contributed by atoms with van der Waals surface area (Å²) >= 11 is 0. The number of ether oxygens (including phenoxy) is 2. The molecule has 0 heterocycles. The van der Waals surface area contributed by atoms with Gasteiger partial charge in [-0.25, -0.2) is 4.79 Å². The molecule has 198 valence electrons. The van der Waals surface area contributed by atoms with Crippen molar-refractivity contribution in [2.24, 2.45) is 17.8 Å². The molecule has 0 bridgehead atoms. The van der Waals surface area contributed by atoms with Crippen molar-refractivity contribution < 1.29 is 29.6 Å². The molecule has 0 saturated heterocycles. The Bertz CT molecular complexity index is 787. The lowest BCUT2D eigenvalue weighted by atomic mass is 9.73. The molecule has 3 rings (SSSR count). The van der Waals surface area contributed by atoms with E-state index in [1.165, 1.54) is 5.56 Å². The Morgan fingerprint density at radius 1 is 1.20 bits per heavy atom. The Balaban J connectivity index is 1.51. The molecule has 2 aliphatic carbocycles. The maximum atomic E-state index is 12.1. The zero-order valence-electron chi connectivity index (χ0n) is 21.5. The molecule has 0 spiro atoms. The zero-order chi connectivity index (χ0) is 25.2. The molecular weight excluding hydrogens is 446 g/mol. The van der Waals surface area contributed by atoms with Crippen LogP contribution in [0.3, 0.4) is 0 Å². The number of benzene rings is 1. The van der Waals surface area contributed by atoms with Crippen LogP contribution >= 0.6 is 0 Å². The van der Waals surface area contributed by atoms with Crippen molar-refractivity contribution in [1.82, 2.24) is 4.90 Å². The van der Waals surface area contributed by atoms with Gasteiger partial charge < -0.3 is 29.7 Å². The summed E-state index contributed by atoms with van der Waals surface area (Å²) in [4.78, 5) is 14.0. The fourth-order valence-corrected chi connectivity index (χ4v) is 5.87. The Morgan fingerprint density at radius 2 is 2.03 bits per heavy atom. The fourth-order valence-electron chi connectivity index (χ4n) is 5.87. The number of esters is 1. The number of nitrogens with zero attached hydrogens (tertiary/aromatic N) is 1. The first kappa shape index (κ1) is 27.9. The normalized spacial score (nSPS) is 24.2. The third-order valence-corrected chi connectivity index (χ3v) is 7.88. The lowest BCUT2D eigenvalue weighted by Gasteiger charge is -2.32. The summed E-state index contributed by atoms with van der Waals surface area (Å²) in [6, 6.07) is 6.02. The summed E-state index contributed by atoms with van der Waals surface area (Å²) in [6.45, 7) is 3.49. The van der Waals surface area contributed by atoms with Crippen LogP contribution in [0.2, 0.25) is 0 Å². The largest absolute Gasteiger partial charge is 0.482 e. The van der Waals surface area contributed by atoms with Gasteiger partial charge in [-0.1, -0.05) is 38.3 Å². The maximum Gasteiger partial charge on any atom is 0.344 e. The lowest BCUT2D eigenvalue weighted by molar-refractivity contribution is -0.146. The summed E-state index contributed by atoms with van der Waals surface area (Å²) in [6.07, 6.45) is 7.86. The highest BCUT2D eigenvalue weighted by atomic mass is 16.6. The number of unbranched alkanes of at least 4 members (excludes halogenated alkanes) is 2. The third-order valence-electron chi connectivity index (χ3n) is 7.88. The van der Waals surface area contributed by atoms with Gasteiger partial charge in [0.05, 0.1) is 18.8 Å². The van der Waals surface area contributed by atoms with Gasteiger partial charge in [0.1, 0.15) is 12.4 Å². The van der Waals surface area contributed by atoms with Crippen LogP contribution in [-0.4, -0.2) is 78.4 Å². The molecule has 1 aromatic carbocycles. The topological polar surface area (TPSA) is 99.5 Å². The van der Waals surface area contributed by atoms with E-state index in [1.54, 1.807) is 0 Å². The minimum Gasteiger partial charge on any atom is -0.482 e. The van der Waals surface area contributed by atoms with Crippen molar-refractivity contribution in [3.63, 3.8) is 0 Å². The molecule has 5 atom stereocenters. The molecule has 0 unspecified atom stereocenters. The van der Waals surface area contributed by atoms with E-state index >= 15 is 0 Å². The number of fused-ring (bicyclic) bond motifs is 2. The van der Waals surface area contributed by atoms with Crippen molar-refractivity contribution in [2.45, 2.75) is 76.9 Å². The fraction of sp³-hybridized carbons (Fsp3) is 0.750. The van der Waals surface area contributed by atoms with Gasteiger partial charge in [0.2, 0.25) is 0 Å². The molecular formula is C28H45NO6. The predicted molar refractivity (Wildman–Crippen MR) is 135 cm³/mol. The number of hydrogen-bond acceptors (Lipinski definition) is 7. The van der Waals surface area contributed by atoms with E-state index in [1.807, 2.05) is 24.1 Å². The van der Waals surface area contributed by atoms with Crippen LogP contribution in [0.25, 0.3) is 0 Å². The second-order valence-electron chi connectivity index (χ2n) is 10.5. The first-order chi connectivity index (χ1) is 16.9. The van der Waals surface area contributed by atoms with Gasteiger partial charge in [0.15, 0.2) is 6.61 Å². The molecule has 0 amide bonds. The molecule has 35 heavy (non-hydrogen) atoms. The monoisotopic (exact) mass is 491 g/mol. The minimum atomic E-state index is -0.400. The van der Waals surface area contributed by atoms with Crippen LogP contribution in [0, 0.1) is 17.8 Å². The number of hydrogen-bond donors (Lipinski definition) is 3. The standard InChI is InChI=1S/C28H45NO6/c1-3-4-5-8-22(31)10-11-23-24-16-20-7-6-9-27(25(20)17-21(24)18-26(23)32)35-19-28(33)34-15-13-29(2)12-14-30/h6-7,9,21-24,26,30-32H,3-5,8,10-19H2,1-2H3/t21-,22+,23+,24-,26+/m0/s1. The zero-order valence-corrected chi connectivity index (χ0v) is 21.5. The van der Waals surface area contributed by atoms with Gasteiger partial charge in [-0.3, -0.25) is 0 Å². The van der Waals surface area contributed by atoms with Crippen LogP contribution < -0.4 is 4.74 Å². The average molecular weight is 492 g/mol. The van der Waals surface area contributed by atoms with Crippen molar-refractivity contribution in [1.29, 1.82) is 0 Å². The highest BCUT2D eigenvalue weighted by Gasteiger charge is 2.44. The van der Waals surface area contributed by atoms with Crippen LogP contribution in [0.1, 0.15) is 63.0 Å². The second-order valence-corrected chi connectivity index (χ2v) is 10.5. The van der Waals surface area contributed by atoms with E-state index in [-0.39, 0.29) is 37.9 Å². The van der Waals surface area contributed by atoms with E-state index in [0.717, 1.165) is 69.1 Å². The quantitative estimate of drug-likeness (QED) is 0.256. The van der Waals surface area contributed by atoms with E-state index in [9.17, 15) is 15.0 Å². The maximum absolute atomic E-state index is 12.1. The SMILES string of the molecule is CCCCC[C@@H](O)CC[C@@H]1[C@H]2Cc3cccc(OCC(=O)OCCN(C)CCO)c3C[C@H]2C[C@H]1O. The number of aliphatic hydroxyl groups is 3. The van der Waals surface area contributed by atoms with Gasteiger partial charge in [0.25, 0.3) is 0 Å². The minimum absolute atomic E-state index is 0.0767. The van der Waals surface area contributed by atoms with Crippen molar-refractivity contribution in [2.75, 3.05) is 40.0 Å². The van der Waals surface area contributed by atoms with Gasteiger partial charge in [-0.15, -0.1) is 0 Å². The molecule has 0 aromatic heterocycles. The Hall–Kier alpha value is -1.67. The number of likely N-dealkylation sites (N-methyl/N-ethyl adjacent to an activating group) is 1. The van der Waals surface area contributed by atoms with Crippen molar-refractivity contribution in [3.8, 4) is 5.75 Å². The number of carbonyl (C=O) groups is 1. The average Bonchev–Trinajstić information content (AvgIpc) is 3.14. The van der Waals surface area contributed by atoms with Crippen LogP contribution in [0.15, 0.2) is 18.2 Å². The summed E-state index contributed by atoms with van der Waals surface area (Å²) in [5.41, 5.74) is 2.39. The molecule has 1 saturated carbocycles. The molecule has 2 aliphatic rings. The van der Waals surface area contributed by atoms with E-state index in [2.05, 4.69) is 13.0 Å². The second kappa shape index (κ2) is 14.2. The van der Waals surface area contributed by atoms with E-state index < -0.39 is 5.97 Å². The van der Waals surface area contributed by atoms with Gasteiger partial charge in [-0.2, -0.15) is 0 Å². The summed E-state index contributed by atoms with van der Waals surface area (Å²) in [7, 11) is 1.87. The first-order valence-electron chi connectivity index (χ1n) is 13.5. The highest BCUT2D eigenvalue weighted by molar-refractivity contribution is 5.71. The summed E-state index contributed by atoms with van der Waals surface area (Å²) in [5, 5.41) is 30.1. The number of rotatable bonds is 15. The Kier molecular flexibility index (Phi) is 11.3.